The molecule has 2 heterocycles. The fraction of sp³-hybridized carbons (Fsp3) is 0.304. The monoisotopic (exact) mass is 375 g/mol. The van der Waals surface area contributed by atoms with Crippen molar-refractivity contribution in [1.29, 1.82) is 0 Å². The van der Waals surface area contributed by atoms with E-state index >= 15 is 0 Å². The van der Waals surface area contributed by atoms with Crippen molar-refractivity contribution in [1.82, 2.24) is 14.9 Å². The van der Waals surface area contributed by atoms with Gasteiger partial charge in [0.05, 0.1) is 12.4 Å². The Morgan fingerprint density at radius 2 is 2.04 bits per heavy atom. The number of carbonyl (C=O) groups is 1. The Morgan fingerprint density at radius 3 is 2.79 bits per heavy atom. The molecular weight excluding hydrogens is 350 g/mol. The van der Waals surface area contributed by atoms with Crippen molar-refractivity contribution in [2.45, 2.75) is 31.9 Å². The second-order valence-corrected chi connectivity index (χ2v) is 7.21. The minimum absolute atomic E-state index is 0.0484. The number of rotatable bonds is 6. The predicted octanol–water partition coefficient (Wildman–Crippen LogP) is 3.90. The molecule has 1 amide bonds. The third-order valence-electron chi connectivity index (χ3n) is 5.10. The van der Waals surface area contributed by atoms with E-state index in [0.717, 1.165) is 37.1 Å². The van der Waals surface area contributed by atoms with Crippen molar-refractivity contribution >= 4 is 5.91 Å². The molecule has 0 saturated carbocycles. The standard InChI is InChI=1S/C23H25N3O2/c27-23(25-15-22-6-1-2-13-28-22)21-5-3-4-20(14-21)19-9-7-18(8-10-19)16-26-12-11-24-17-26/h3-5,7-12,14,17,22H,1-2,6,13,15-16H2,(H,25,27)/t22-/m0/s1. The molecule has 1 aliphatic rings. The number of nitrogens with zero attached hydrogens (tertiary/aromatic N) is 2. The zero-order chi connectivity index (χ0) is 19.2. The van der Waals surface area contributed by atoms with Crippen LogP contribution in [0.25, 0.3) is 11.1 Å². The second-order valence-electron chi connectivity index (χ2n) is 7.21. The van der Waals surface area contributed by atoms with Gasteiger partial charge in [0.1, 0.15) is 0 Å². The van der Waals surface area contributed by atoms with E-state index in [1.807, 2.05) is 41.4 Å². The lowest BCUT2D eigenvalue weighted by molar-refractivity contribution is 0.0169. The Bertz CT molecular complexity index is 898. The highest BCUT2D eigenvalue weighted by Crippen LogP contribution is 2.21. The van der Waals surface area contributed by atoms with Crippen LogP contribution in [0.2, 0.25) is 0 Å². The average molecular weight is 375 g/mol. The van der Waals surface area contributed by atoms with Crippen molar-refractivity contribution in [3.63, 3.8) is 0 Å². The van der Waals surface area contributed by atoms with E-state index in [0.29, 0.717) is 12.1 Å². The van der Waals surface area contributed by atoms with Gasteiger partial charge in [-0.1, -0.05) is 36.4 Å². The minimum Gasteiger partial charge on any atom is -0.376 e. The zero-order valence-electron chi connectivity index (χ0n) is 15.9. The fourth-order valence-corrected chi connectivity index (χ4v) is 3.51. The van der Waals surface area contributed by atoms with E-state index in [1.165, 1.54) is 12.0 Å². The Hall–Kier alpha value is -2.92. The van der Waals surface area contributed by atoms with Crippen molar-refractivity contribution in [3.8, 4) is 11.1 Å². The smallest absolute Gasteiger partial charge is 0.251 e. The lowest BCUT2D eigenvalue weighted by atomic mass is 10.0. The summed E-state index contributed by atoms with van der Waals surface area (Å²) in [5.74, 6) is -0.0484. The van der Waals surface area contributed by atoms with E-state index in [2.05, 4.69) is 34.6 Å². The van der Waals surface area contributed by atoms with Crippen LogP contribution in [0.4, 0.5) is 0 Å². The molecular formula is C23H25N3O2. The van der Waals surface area contributed by atoms with E-state index < -0.39 is 0 Å². The Kier molecular flexibility index (Phi) is 5.83. The van der Waals surface area contributed by atoms with Crippen molar-refractivity contribution in [3.05, 3.63) is 78.4 Å². The summed E-state index contributed by atoms with van der Waals surface area (Å²) < 4.78 is 7.72. The number of hydrogen-bond acceptors (Lipinski definition) is 3. The third-order valence-corrected chi connectivity index (χ3v) is 5.10. The first-order chi connectivity index (χ1) is 13.8. The van der Waals surface area contributed by atoms with Gasteiger partial charge >= 0.3 is 0 Å². The predicted molar refractivity (Wildman–Crippen MR) is 109 cm³/mol. The zero-order valence-corrected chi connectivity index (χ0v) is 15.9. The molecule has 0 unspecified atom stereocenters. The molecule has 5 heteroatoms. The van der Waals surface area contributed by atoms with E-state index in [4.69, 9.17) is 4.74 Å². The van der Waals surface area contributed by atoms with Gasteiger partial charge in [-0.2, -0.15) is 0 Å². The van der Waals surface area contributed by atoms with Crippen LogP contribution in [-0.2, 0) is 11.3 Å². The molecule has 3 aromatic rings. The maximum atomic E-state index is 12.5. The summed E-state index contributed by atoms with van der Waals surface area (Å²) in [4.78, 5) is 16.6. The highest BCUT2D eigenvalue weighted by molar-refractivity contribution is 5.95. The molecule has 1 fully saturated rings. The van der Waals surface area contributed by atoms with Gasteiger partial charge in [0.15, 0.2) is 0 Å². The van der Waals surface area contributed by atoms with Crippen LogP contribution >= 0.6 is 0 Å². The van der Waals surface area contributed by atoms with E-state index in [-0.39, 0.29) is 12.0 Å². The fourth-order valence-electron chi connectivity index (χ4n) is 3.51. The Labute approximate surface area is 165 Å². The highest BCUT2D eigenvalue weighted by atomic mass is 16.5. The molecule has 1 saturated heterocycles. The Morgan fingerprint density at radius 1 is 1.14 bits per heavy atom. The van der Waals surface area contributed by atoms with Gasteiger partial charge in [-0.05, 0) is 48.1 Å². The van der Waals surface area contributed by atoms with Gasteiger partial charge in [-0.25, -0.2) is 4.98 Å². The quantitative estimate of drug-likeness (QED) is 0.711. The SMILES string of the molecule is O=C(NC[C@@H]1CCCCO1)c1cccc(-c2ccc(Cn3ccnc3)cc2)c1. The van der Waals surface area contributed by atoms with Gasteiger partial charge in [-0.3, -0.25) is 4.79 Å². The van der Waals surface area contributed by atoms with Gasteiger partial charge in [0, 0.05) is 37.7 Å². The molecule has 2 aromatic carbocycles. The van der Waals surface area contributed by atoms with Gasteiger partial charge in [0.2, 0.25) is 0 Å². The molecule has 1 N–H and O–H groups in total. The summed E-state index contributed by atoms with van der Waals surface area (Å²) in [6.45, 7) is 2.17. The summed E-state index contributed by atoms with van der Waals surface area (Å²) in [6.07, 6.45) is 9.00. The highest BCUT2D eigenvalue weighted by Gasteiger charge is 2.15. The van der Waals surface area contributed by atoms with Crippen LogP contribution < -0.4 is 5.32 Å². The average Bonchev–Trinajstić information content (AvgIpc) is 3.26. The number of nitrogens with one attached hydrogen (secondary N) is 1. The molecule has 0 spiro atoms. The van der Waals surface area contributed by atoms with Crippen molar-refractivity contribution in [2.75, 3.05) is 13.2 Å². The molecule has 5 nitrogen and oxygen atoms in total. The Balaban J connectivity index is 1.40. The van der Waals surface area contributed by atoms with Crippen LogP contribution in [0.3, 0.4) is 0 Å². The number of hydrogen-bond donors (Lipinski definition) is 1. The first-order valence-corrected chi connectivity index (χ1v) is 9.83. The van der Waals surface area contributed by atoms with Crippen LogP contribution in [0.15, 0.2) is 67.3 Å². The number of carbonyl (C=O) groups excluding carboxylic acids is 1. The summed E-state index contributed by atoms with van der Waals surface area (Å²) in [6, 6.07) is 16.2. The summed E-state index contributed by atoms with van der Waals surface area (Å²) in [5, 5.41) is 3.01. The molecule has 1 atom stereocenters. The molecule has 0 aliphatic carbocycles. The maximum absolute atomic E-state index is 12.5. The van der Waals surface area contributed by atoms with Gasteiger partial charge in [0.25, 0.3) is 5.91 Å². The van der Waals surface area contributed by atoms with Gasteiger partial charge in [-0.15, -0.1) is 0 Å². The normalized spacial score (nSPS) is 16.6. The molecule has 144 valence electrons. The van der Waals surface area contributed by atoms with Crippen molar-refractivity contribution < 1.29 is 9.53 Å². The van der Waals surface area contributed by atoms with Crippen molar-refractivity contribution in [2.24, 2.45) is 0 Å². The number of aromatic nitrogens is 2. The number of imidazole rings is 1. The van der Waals surface area contributed by atoms with Gasteiger partial charge < -0.3 is 14.6 Å². The number of benzene rings is 2. The lowest BCUT2D eigenvalue weighted by Crippen LogP contribution is -2.35. The minimum atomic E-state index is -0.0484. The first kappa shape index (κ1) is 18.4. The second kappa shape index (κ2) is 8.85. The van der Waals surface area contributed by atoms with Crippen LogP contribution in [0, 0.1) is 0 Å². The summed E-state index contributed by atoms with van der Waals surface area (Å²) in [7, 11) is 0. The molecule has 28 heavy (non-hydrogen) atoms. The molecule has 1 aromatic heterocycles. The maximum Gasteiger partial charge on any atom is 0.251 e. The largest absolute Gasteiger partial charge is 0.376 e. The van der Waals surface area contributed by atoms with Crippen LogP contribution in [0.5, 0.6) is 0 Å². The van der Waals surface area contributed by atoms with E-state index in [9.17, 15) is 4.79 Å². The molecule has 4 rings (SSSR count). The summed E-state index contributed by atoms with van der Waals surface area (Å²) >= 11 is 0. The van der Waals surface area contributed by atoms with Crippen LogP contribution in [-0.4, -0.2) is 34.7 Å². The topological polar surface area (TPSA) is 56.1 Å². The first-order valence-electron chi connectivity index (χ1n) is 9.83. The van der Waals surface area contributed by atoms with Crippen LogP contribution in [0.1, 0.15) is 35.2 Å². The number of ether oxygens (including phenoxy) is 1. The van der Waals surface area contributed by atoms with E-state index in [1.54, 1.807) is 6.20 Å². The lowest BCUT2D eigenvalue weighted by Gasteiger charge is -2.22. The molecule has 1 aliphatic heterocycles. The third kappa shape index (κ3) is 4.67. The molecule has 0 bridgehead atoms. The molecule has 0 radical (unpaired) electrons. The number of amides is 1. The summed E-state index contributed by atoms with van der Waals surface area (Å²) in [5.41, 5.74) is 4.02.